The van der Waals surface area contributed by atoms with Crippen molar-refractivity contribution < 1.29 is 9.53 Å². The first-order valence-electron chi connectivity index (χ1n) is 7.13. The summed E-state index contributed by atoms with van der Waals surface area (Å²) in [7, 11) is 0. The Morgan fingerprint density at radius 3 is 2.81 bits per heavy atom. The molecule has 0 saturated carbocycles. The van der Waals surface area contributed by atoms with Gasteiger partial charge in [0.2, 0.25) is 0 Å². The number of anilines is 1. The molecule has 1 unspecified atom stereocenters. The van der Waals surface area contributed by atoms with Gasteiger partial charge in [0.25, 0.3) is 0 Å². The fourth-order valence-corrected chi connectivity index (χ4v) is 2.65. The van der Waals surface area contributed by atoms with E-state index in [9.17, 15) is 4.79 Å². The van der Waals surface area contributed by atoms with E-state index in [0.717, 1.165) is 23.9 Å². The standard InChI is InChI=1S/C16H19N3O2/c1-11-10-18-8-9-19(11)16(20)21-15-7-6-14(17)12-4-2-3-5-13(12)15/h2-7,11,18H,8-10,17H2,1H3. The lowest BCUT2D eigenvalue weighted by molar-refractivity contribution is 0.124. The zero-order valence-corrected chi connectivity index (χ0v) is 12.0. The molecule has 0 bridgehead atoms. The number of benzene rings is 2. The van der Waals surface area contributed by atoms with Gasteiger partial charge in [0.15, 0.2) is 0 Å². The highest BCUT2D eigenvalue weighted by Gasteiger charge is 2.25. The van der Waals surface area contributed by atoms with Crippen LogP contribution >= 0.6 is 0 Å². The molecule has 3 N–H and O–H groups in total. The highest BCUT2D eigenvalue weighted by Crippen LogP contribution is 2.30. The minimum atomic E-state index is -0.307. The van der Waals surface area contributed by atoms with Crippen LogP contribution in [0, 0.1) is 0 Å². The van der Waals surface area contributed by atoms with Gasteiger partial charge in [-0.25, -0.2) is 4.79 Å². The van der Waals surface area contributed by atoms with E-state index in [1.165, 1.54) is 0 Å². The molecule has 2 aromatic rings. The summed E-state index contributed by atoms with van der Waals surface area (Å²) in [4.78, 5) is 14.1. The molecule has 1 amide bonds. The molecule has 3 rings (SSSR count). The summed E-state index contributed by atoms with van der Waals surface area (Å²) in [6.07, 6.45) is -0.307. The summed E-state index contributed by atoms with van der Waals surface area (Å²) in [5.74, 6) is 0.551. The zero-order valence-electron chi connectivity index (χ0n) is 12.0. The molecule has 1 aliphatic rings. The number of nitrogens with two attached hydrogens (primary N) is 1. The van der Waals surface area contributed by atoms with Crippen LogP contribution in [0.4, 0.5) is 10.5 Å². The van der Waals surface area contributed by atoms with Gasteiger partial charge < -0.3 is 20.7 Å². The fourth-order valence-electron chi connectivity index (χ4n) is 2.65. The van der Waals surface area contributed by atoms with Crippen molar-refractivity contribution in [2.24, 2.45) is 0 Å². The number of ether oxygens (including phenoxy) is 1. The SMILES string of the molecule is CC1CNCCN1C(=O)Oc1ccc(N)c2ccccc12. The maximum absolute atomic E-state index is 12.4. The van der Waals surface area contributed by atoms with Crippen molar-refractivity contribution in [3.8, 4) is 5.75 Å². The van der Waals surface area contributed by atoms with Gasteiger partial charge in [0.1, 0.15) is 5.75 Å². The van der Waals surface area contributed by atoms with E-state index in [1.807, 2.05) is 31.2 Å². The third-order valence-corrected chi connectivity index (χ3v) is 3.85. The Balaban J connectivity index is 1.88. The van der Waals surface area contributed by atoms with Crippen LogP contribution in [0.2, 0.25) is 0 Å². The van der Waals surface area contributed by atoms with Gasteiger partial charge in [-0.3, -0.25) is 0 Å². The number of rotatable bonds is 1. The smallest absolute Gasteiger partial charge is 0.410 e. The van der Waals surface area contributed by atoms with Crippen LogP contribution in [0.3, 0.4) is 0 Å². The molecule has 21 heavy (non-hydrogen) atoms. The minimum absolute atomic E-state index is 0.131. The van der Waals surface area contributed by atoms with E-state index >= 15 is 0 Å². The summed E-state index contributed by atoms with van der Waals surface area (Å²) in [5.41, 5.74) is 6.64. The van der Waals surface area contributed by atoms with Crippen molar-refractivity contribution in [2.75, 3.05) is 25.4 Å². The molecule has 1 aliphatic heterocycles. The van der Waals surface area contributed by atoms with Crippen molar-refractivity contribution in [3.63, 3.8) is 0 Å². The number of nitrogens with one attached hydrogen (secondary N) is 1. The molecule has 0 aromatic heterocycles. The first-order chi connectivity index (χ1) is 10.2. The maximum atomic E-state index is 12.4. The van der Waals surface area contributed by atoms with E-state index in [1.54, 1.807) is 17.0 Å². The molecule has 1 heterocycles. The number of hydrogen-bond acceptors (Lipinski definition) is 4. The molecule has 0 spiro atoms. The molecular weight excluding hydrogens is 266 g/mol. The second-order valence-electron chi connectivity index (χ2n) is 5.31. The number of piperazine rings is 1. The van der Waals surface area contributed by atoms with Crippen LogP contribution in [0.25, 0.3) is 10.8 Å². The van der Waals surface area contributed by atoms with Crippen molar-refractivity contribution in [1.29, 1.82) is 0 Å². The molecule has 0 radical (unpaired) electrons. The largest absolute Gasteiger partial charge is 0.415 e. The van der Waals surface area contributed by atoms with Crippen LogP contribution in [0.15, 0.2) is 36.4 Å². The third kappa shape index (κ3) is 2.64. The highest BCUT2D eigenvalue weighted by molar-refractivity contribution is 5.98. The second-order valence-corrected chi connectivity index (χ2v) is 5.31. The van der Waals surface area contributed by atoms with Gasteiger partial charge in [-0.05, 0) is 19.1 Å². The molecule has 1 saturated heterocycles. The molecule has 1 fully saturated rings. The lowest BCUT2D eigenvalue weighted by Crippen LogP contribution is -2.53. The predicted octanol–water partition coefficient (Wildman–Crippen LogP) is 2.21. The highest BCUT2D eigenvalue weighted by atomic mass is 16.6. The summed E-state index contributed by atoms with van der Waals surface area (Å²) >= 11 is 0. The number of nitrogens with zero attached hydrogens (tertiary/aromatic N) is 1. The number of carbonyl (C=O) groups excluding carboxylic acids is 1. The van der Waals surface area contributed by atoms with Crippen molar-refractivity contribution in [1.82, 2.24) is 10.2 Å². The molecule has 0 aliphatic carbocycles. The molecule has 5 heteroatoms. The van der Waals surface area contributed by atoms with E-state index in [4.69, 9.17) is 10.5 Å². The minimum Gasteiger partial charge on any atom is -0.410 e. The first-order valence-corrected chi connectivity index (χ1v) is 7.13. The Kier molecular flexibility index (Phi) is 3.66. The van der Waals surface area contributed by atoms with Crippen molar-refractivity contribution >= 4 is 22.6 Å². The van der Waals surface area contributed by atoms with Crippen LogP contribution in [0.1, 0.15) is 6.92 Å². The zero-order chi connectivity index (χ0) is 14.8. The Hall–Kier alpha value is -2.27. The molecule has 110 valence electrons. The monoisotopic (exact) mass is 285 g/mol. The summed E-state index contributed by atoms with van der Waals surface area (Å²) in [6.45, 7) is 4.25. The van der Waals surface area contributed by atoms with Gasteiger partial charge >= 0.3 is 6.09 Å². The average Bonchev–Trinajstić information content (AvgIpc) is 2.51. The number of amides is 1. The third-order valence-electron chi connectivity index (χ3n) is 3.85. The Morgan fingerprint density at radius 2 is 2.05 bits per heavy atom. The van der Waals surface area contributed by atoms with Gasteiger partial charge in [-0.1, -0.05) is 24.3 Å². The number of carbonyl (C=O) groups is 1. The van der Waals surface area contributed by atoms with Crippen LogP contribution in [-0.2, 0) is 0 Å². The Bertz CT molecular complexity index is 672. The molecular formula is C16H19N3O2. The summed E-state index contributed by atoms with van der Waals surface area (Å²) in [5, 5.41) is 5.01. The lowest BCUT2D eigenvalue weighted by atomic mass is 10.1. The Morgan fingerprint density at radius 1 is 1.29 bits per heavy atom. The summed E-state index contributed by atoms with van der Waals surface area (Å²) < 4.78 is 5.60. The molecule has 5 nitrogen and oxygen atoms in total. The van der Waals surface area contributed by atoms with Gasteiger partial charge in [-0.2, -0.15) is 0 Å². The van der Waals surface area contributed by atoms with E-state index in [-0.39, 0.29) is 12.1 Å². The Labute approximate surface area is 123 Å². The topological polar surface area (TPSA) is 67.6 Å². The fraction of sp³-hybridized carbons (Fsp3) is 0.312. The summed E-state index contributed by atoms with van der Waals surface area (Å²) in [6, 6.07) is 11.3. The normalized spacial score (nSPS) is 18.7. The number of fused-ring (bicyclic) bond motifs is 1. The maximum Gasteiger partial charge on any atom is 0.415 e. The van der Waals surface area contributed by atoms with Crippen molar-refractivity contribution in [3.05, 3.63) is 36.4 Å². The molecule has 2 aromatic carbocycles. The van der Waals surface area contributed by atoms with Crippen molar-refractivity contribution in [2.45, 2.75) is 13.0 Å². The lowest BCUT2D eigenvalue weighted by Gasteiger charge is -2.33. The van der Waals surface area contributed by atoms with Crippen LogP contribution in [-0.4, -0.2) is 36.7 Å². The van der Waals surface area contributed by atoms with Gasteiger partial charge in [0.05, 0.1) is 0 Å². The second kappa shape index (κ2) is 5.61. The number of hydrogen-bond donors (Lipinski definition) is 2. The van der Waals surface area contributed by atoms with E-state index in [0.29, 0.717) is 18.0 Å². The number of nitrogen functional groups attached to an aromatic ring is 1. The van der Waals surface area contributed by atoms with Gasteiger partial charge in [-0.15, -0.1) is 0 Å². The van der Waals surface area contributed by atoms with E-state index in [2.05, 4.69) is 5.32 Å². The average molecular weight is 285 g/mol. The van der Waals surface area contributed by atoms with Crippen LogP contribution < -0.4 is 15.8 Å². The predicted molar refractivity (Wildman–Crippen MR) is 83.4 cm³/mol. The van der Waals surface area contributed by atoms with E-state index < -0.39 is 0 Å². The molecule has 1 atom stereocenters. The first kappa shape index (κ1) is 13.7. The van der Waals surface area contributed by atoms with Gasteiger partial charge in [0, 0.05) is 42.1 Å². The van der Waals surface area contributed by atoms with Crippen LogP contribution in [0.5, 0.6) is 5.75 Å². The quantitative estimate of drug-likeness (QED) is 0.788.